The van der Waals surface area contributed by atoms with E-state index in [2.05, 4.69) is 0 Å². The topological polar surface area (TPSA) is 76.1 Å². The van der Waals surface area contributed by atoms with Crippen LogP contribution in [0.1, 0.15) is 29.7 Å². The molecule has 3 aromatic carbocycles. The number of likely N-dealkylation sites (tertiary alicyclic amines) is 1. The summed E-state index contributed by atoms with van der Waals surface area (Å²) in [5.41, 5.74) is 1.90. The fourth-order valence-electron chi connectivity index (χ4n) is 4.04. The van der Waals surface area contributed by atoms with E-state index in [1.807, 2.05) is 61.5 Å². The lowest BCUT2D eigenvalue weighted by molar-refractivity contribution is -0.140. The third kappa shape index (κ3) is 4.50. The van der Waals surface area contributed by atoms with Crippen LogP contribution in [-0.4, -0.2) is 35.4 Å². The molecule has 0 spiro atoms. The molecule has 174 valence electrons. The fourth-order valence-corrected chi connectivity index (χ4v) is 4.24. The Morgan fingerprint density at radius 3 is 2.38 bits per heavy atom. The van der Waals surface area contributed by atoms with E-state index in [9.17, 15) is 14.7 Å². The third-order valence-electron chi connectivity index (χ3n) is 5.67. The zero-order chi connectivity index (χ0) is 24.2. The summed E-state index contributed by atoms with van der Waals surface area (Å²) in [6.45, 7) is 2.65. The summed E-state index contributed by atoms with van der Waals surface area (Å²) in [5.74, 6) is -0.622. The third-order valence-corrected chi connectivity index (χ3v) is 5.98. The van der Waals surface area contributed by atoms with Gasteiger partial charge in [0.15, 0.2) is 0 Å². The molecule has 1 fully saturated rings. The Labute approximate surface area is 203 Å². The molecule has 0 aliphatic carbocycles. The predicted octanol–water partition coefficient (Wildman–Crippen LogP) is 5.37. The second-order valence-corrected chi connectivity index (χ2v) is 8.17. The second kappa shape index (κ2) is 10.0. The monoisotopic (exact) mass is 477 g/mol. The standard InChI is InChI=1S/C27H24ClNO5/c1-3-34-20-12-9-17(10-13-20)16-29-24(18-7-5-4-6-8-18)23(26(31)27(29)32)25(30)19-11-14-21(28)22(15-19)33-2/h4-15,24,30H,3,16H2,1-2H3/b25-23-. The van der Waals surface area contributed by atoms with E-state index in [1.165, 1.54) is 12.0 Å². The predicted molar refractivity (Wildman–Crippen MR) is 130 cm³/mol. The van der Waals surface area contributed by atoms with Crippen LogP contribution in [-0.2, 0) is 16.1 Å². The number of ether oxygens (including phenoxy) is 2. The lowest BCUT2D eigenvalue weighted by Crippen LogP contribution is -2.29. The van der Waals surface area contributed by atoms with E-state index >= 15 is 0 Å². The van der Waals surface area contributed by atoms with Gasteiger partial charge in [0.05, 0.1) is 30.4 Å². The zero-order valence-corrected chi connectivity index (χ0v) is 19.6. The van der Waals surface area contributed by atoms with Gasteiger partial charge < -0.3 is 19.5 Å². The van der Waals surface area contributed by atoms with Crippen molar-refractivity contribution in [1.29, 1.82) is 0 Å². The largest absolute Gasteiger partial charge is 0.507 e. The quantitative estimate of drug-likeness (QED) is 0.281. The number of amides is 1. The molecular weight excluding hydrogens is 454 g/mol. The molecule has 1 amide bonds. The number of rotatable bonds is 7. The molecule has 6 nitrogen and oxygen atoms in total. The highest BCUT2D eigenvalue weighted by Gasteiger charge is 2.46. The number of methoxy groups -OCH3 is 1. The number of aliphatic hydroxyl groups is 1. The van der Waals surface area contributed by atoms with Gasteiger partial charge in [0, 0.05) is 12.1 Å². The van der Waals surface area contributed by atoms with Gasteiger partial charge in [-0.2, -0.15) is 0 Å². The Morgan fingerprint density at radius 2 is 1.74 bits per heavy atom. The van der Waals surface area contributed by atoms with Crippen molar-refractivity contribution in [2.24, 2.45) is 0 Å². The average Bonchev–Trinajstić information content (AvgIpc) is 3.10. The molecule has 1 saturated heterocycles. The molecule has 0 radical (unpaired) electrons. The van der Waals surface area contributed by atoms with Gasteiger partial charge in [0.2, 0.25) is 0 Å². The van der Waals surface area contributed by atoms with Gasteiger partial charge in [-0.15, -0.1) is 0 Å². The molecule has 3 aromatic rings. The first kappa shape index (κ1) is 23.4. The number of benzene rings is 3. The number of halogens is 1. The van der Waals surface area contributed by atoms with Crippen LogP contribution in [0.3, 0.4) is 0 Å². The van der Waals surface area contributed by atoms with E-state index in [0.717, 1.165) is 16.9 Å². The minimum Gasteiger partial charge on any atom is -0.507 e. The van der Waals surface area contributed by atoms with Crippen molar-refractivity contribution < 1.29 is 24.2 Å². The normalized spacial score (nSPS) is 17.1. The first-order valence-electron chi connectivity index (χ1n) is 10.8. The van der Waals surface area contributed by atoms with Gasteiger partial charge in [0.1, 0.15) is 17.3 Å². The maximum absolute atomic E-state index is 13.2. The summed E-state index contributed by atoms with van der Waals surface area (Å²) in [5, 5.41) is 11.6. The minimum absolute atomic E-state index is 0.0199. The first-order chi connectivity index (χ1) is 16.4. The molecule has 34 heavy (non-hydrogen) atoms. The van der Waals surface area contributed by atoms with Crippen molar-refractivity contribution in [3.8, 4) is 11.5 Å². The molecule has 7 heteroatoms. The smallest absolute Gasteiger partial charge is 0.295 e. The van der Waals surface area contributed by atoms with E-state index in [4.69, 9.17) is 21.1 Å². The summed E-state index contributed by atoms with van der Waals surface area (Å²) in [6.07, 6.45) is 0. The molecule has 1 aliphatic rings. The lowest BCUT2D eigenvalue weighted by Gasteiger charge is -2.25. The molecule has 1 unspecified atom stereocenters. The molecule has 1 N–H and O–H groups in total. The molecular formula is C27H24ClNO5. The van der Waals surface area contributed by atoms with Gasteiger partial charge in [-0.05, 0) is 48.4 Å². The van der Waals surface area contributed by atoms with E-state index in [0.29, 0.717) is 22.9 Å². The van der Waals surface area contributed by atoms with Gasteiger partial charge in [-0.1, -0.05) is 54.1 Å². The van der Waals surface area contributed by atoms with Gasteiger partial charge in [-0.25, -0.2) is 0 Å². The summed E-state index contributed by atoms with van der Waals surface area (Å²) in [4.78, 5) is 27.8. The van der Waals surface area contributed by atoms with Crippen LogP contribution in [0.15, 0.2) is 78.4 Å². The highest BCUT2D eigenvalue weighted by Crippen LogP contribution is 2.41. The average molecular weight is 478 g/mol. The fraction of sp³-hybridized carbons (Fsp3) is 0.185. The molecule has 0 aromatic heterocycles. The molecule has 1 atom stereocenters. The maximum atomic E-state index is 13.2. The van der Waals surface area contributed by atoms with Crippen molar-refractivity contribution in [3.63, 3.8) is 0 Å². The van der Waals surface area contributed by atoms with Crippen molar-refractivity contribution in [1.82, 2.24) is 4.90 Å². The SMILES string of the molecule is CCOc1ccc(CN2C(=O)C(=O)/C(=C(\O)c3ccc(Cl)c(OC)c3)C2c2ccccc2)cc1. The van der Waals surface area contributed by atoms with Crippen molar-refractivity contribution in [3.05, 3.63) is 100 Å². The summed E-state index contributed by atoms with van der Waals surface area (Å²) in [6, 6.07) is 20.5. The summed E-state index contributed by atoms with van der Waals surface area (Å²) in [7, 11) is 1.46. The van der Waals surface area contributed by atoms with E-state index in [1.54, 1.807) is 18.2 Å². The van der Waals surface area contributed by atoms with Crippen molar-refractivity contribution >= 4 is 29.1 Å². The minimum atomic E-state index is -0.755. The molecule has 0 saturated carbocycles. The van der Waals surface area contributed by atoms with Gasteiger partial charge in [-0.3, -0.25) is 9.59 Å². The Bertz CT molecular complexity index is 1240. The van der Waals surface area contributed by atoms with Crippen LogP contribution in [0.25, 0.3) is 5.76 Å². The van der Waals surface area contributed by atoms with Crippen LogP contribution < -0.4 is 9.47 Å². The second-order valence-electron chi connectivity index (χ2n) is 7.76. The number of hydrogen-bond acceptors (Lipinski definition) is 5. The van der Waals surface area contributed by atoms with Crippen LogP contribution in [0.2, 0.25) is 5.02 Å². The summed E-state index contributed by atoms with van der Waals surface area (Å²) < 4.78 is 10.7. The highest BCUT2D eigenvalue weighted by molar-refractivity contribution is 6.46. The Kier molecular flexibility index (Phi) is 6.89. The molecule has 1 aliphatic heterocycles. The van der Waals surface area contributed by atoms with Gasteiger partial charge in [0.25, 0.3) is 11.7 Å². The molecule has 4 rings (SSSR count). The number of Topliss-reactive ketones (excluding diaryl/α,β-unsaturated/α-hetero) is 1. The van der Waals surface area contributed by atoms with Crippen molar-refractivity contribution in [2.75, 3.05) is 13.7 Å². The van der Waals surface area contributed by atoms with Crippen molar-refractivity contribution in [2.45, 2.75) is 19.5 Å². The Morgan fingerprint density at radius 1 is 1.03 bits per heavy atom. The maximum Gasteiger partial charge on any atom is 0.295 e. The Hall–Kier alpha value is -3.77. The summed E-state index contributed by atoms with van der Waals surface area (Å²) >= 11 is 6.12. The lowest BCUT2D eigenvalue weighted by atomic mass is 9.95. The Balaban J connectivity index is 1.79. The number of ketones is 1. The molecule has 0 bridgehead atoms. The van der Waals surface area contributed by atoms with Crippen LogP contribution in [0.5, 0.6) is 11.5 Å². The van der Waals surface area contributed by atoms with E-state index < -0.39 is 17.7 Å². The number of carbonyl (C=O) groups is 2. The number of carbonyl (C=O) groups excluding carboxylic acids is 2. The van der Waals surface area contributed by atoms with E-state index in [-0.39, 0.29) is 17.9 Å². The highest BCUT2D eigenvalue weighted by atomic mass is 35.5. The first-order valence-corrected chi connectivity index (χ1v) is 11.2. The number of nitrogens with zero attached hydrogens (tertiary/aromatic N) is 1. The van der Waals surface area contributed by atoms with Crippen LogP contribution in [0.4, 0.5) is 0 Å². The zero-order valence-electron chi connectivity index (χ0n) is 18.8. The number of hydrogen-bond donors (Lipinski definition) is 1. The van der Waals surface area contributed by atoms with Crippen LogP contribution >= 0.6 is 11.6 Å². The van der Waals surface area contributed by atoms with Gasteiger partial charge >= 0.3 is 0 Å². The number of aliphatic hydroxyl groups excluding tert-OH is 1. The van der Waals surface area contributed by atoms with Crippen LogP contribution in [0, 0.1) is 0 Å². The molecule has 1 heterocycles.